The zero-order valence-electron chi connectivity index (χ0n) is 12.1. The van der Waals surface area contributed by atoms with Gasteiger partial charge in [-0.2, -0.15) is 0 Å². The van der Waals surface area contributed by atoms with Crippen molar-refractivity contribution in [3.63, 3.8) is 0 Å². The summed E-state index contributed by atoms with van der Waals surface area (Å²) in [5, 5.41) is 0. The van der Waals surface area contributed by atoms with Gasteiger partial charge in [-0.25, -0.2) is 0 Å². The van der Waals surface area contributed by atoms with Gasteiger partial charge < -0.3 is 0 Å². The molecule has 0 saturated carbocycles. The molecule has 0 aliphatic carbocycles. The van der Waals surface area contributed by atoms with Gasteiger partial charge in [-0.3, -0.25) is 4.52 Å². The van der Waals surface area contributed by atoms with Crippen LogP contribution in [0.1, 0.15) is 5.69 Å². The number of aromatic nitrogens is 3. The van der Waals surface area contributed by atoms with Crippen LogP contribution in [0.5, 0.6) is 0 Å². The van der Waals surface area contributed by atoms with Crippen LogP contribution in [-0.2, 0) is 0 Å². The molecular weight excluding hydrogens is 274 g/mol. The Hall–Kier alpha value is -3.01. The molecule has 0 saturated heterocycles. The molecule has 106 valence electrons. The van der Waals surface area contributed by atoms with Crippen molar-refractivity contribution < 1.29 is 9.10 Å². The van der Waals surface area contributed by atoms with Crippen LogP contribution in [0.3, 0.4) is 0 Å². The zero-order valence-corrected chi connectivity index (χ0v) is 12.1. The third-order valence-corrected chi connectivity index (χ3v) is 3.54. The first-order valence-corrected chi connectivity index (χ1v) is 7.13. The number of fused-ring (bicyclic) bond motifs is 1. The largest absolute Gasteiger partial charge is 0.474 e. The van der Waals surface area contributed by atoms with Crippen LogP contribution in [0.2, 0.25) is 0 Å². The predicted molar refractivity (Wildman–Crippen MR) is 83.1 cm³/mol. The summed E-state index contributed by atoms with van der Waals surface area (Å²) < 4.78 is 7.48. The van der Waals surface area contributed by atoms with Gasteiger partial charge in [0.1, 0.15) is 5.69 Å². The van der Waals surface area contributed by atoms with Crippen LogP contribution < -0.4 is 4.57 Å². The summed E-state index contributed by atoms with van der Waals surface area (Å²) in [5.41, 5.74) is 3.86. The highest BCUT2D eigenvalue weighted by molar-refractivity contribution is 5.60. The van der Waals surface area contributed by atoms with E-state index < -0.39 is 0 Å². The van der Waals surface area contributed by atoms with Gasteiger partial charge in [0.25, 0.3) is 0 Å². The van der Waals surface area contributed by atoms with Crippen molar-refractivity contribution in [1.82, 2.24) is 9.97 Å². The average Bonchev–Trinajstić information content (AvgIpc) is 3.01. The van der Waals surface area contributed by atoms with Gasteiger partial charge in [0.15, 0.2) is 5.69 Å². The van der Waals surface area contributed by atoms with Gasteiger partial charge in [-0.1, -0.05) is 53.5 Å². The average molecular weight is 288 g/mol. The normalized spacial score (nSPS) is 11.0. The Morgan fingerprint density at radius 1 is 0.818 bits per heavy atom. The summed E-state index contributed by atoms with van der Waals surface area (Å²) in [5.74, 6) is 1.14. The van der Waals surface area contributed by atoms with E-state index >= 15 is 0 Å². The molecule has 4 rings (SSSR count). The summed E-state index contributed by atoms with van der Waals surface area (Å²) in [6.07, 6.45) is 0. The number of aryl methyl sites for hydroxylation is 1. The Kier molecular flexibility index (Phi) is 2.93. The van der Waals surface area contributed by atoms with Gasteiger partial charge >= 0.3 is 11.7 Å². The fourth-order valence-electron chi connectivity index (χ4n) is 2.44. The van der Waals surface area contributed by atoms with Crippen LogP contribution in [0.4, 0.5) is 0 Å². The van der Waals surface area contributed by atoms with Crippen LogP contribution in [0.25, 0.3) is 28.5 Å². The Bertz CT molecular complexity index is 931. The standard InChI is InChI=1S/C18H14N3O/c1-13-12-16(14-8-4-2-5-9-14)19-18-20-17(22-21(13)18)15-10-6-3-7-11-15/h2-12H,1H3/q+1. The van der Waals surface area contributed by atoms with E-state index in [9.17, 15) is 0 Å². The lowest BCUT2D eigenvalue weighted by atomic mass is 10.1. The topological polar surface area (TPSA) is 43.0 Å². The van der Waals surface area contributed by atoms with Crippen molar-refractivity contribution in [3.8, 4) is 22.7 Å². The van der Waals surface area contributed by atoms with Crippen LogP contribution in [0, 0.1) is 6.92 Å². The first-order valence-electron chi connectivity index (χ1n) is 7.13. The van der Waals surface area contributed by atoms with Crippen molar-refractivity contribution in [3.05, 3.63) is 72.4 Å². The van der Waals surface area contributed by atoms with Crippen LogP contribution in [-0.4, -0.2) is 9.97 Å². The maximum absolute atomic E-state index is 5.82. The van der Waals surface area contributed by atoms with Gasteiger partial charge in [0.2, 0.25) is 0 Å². The molecule has 2 aromatic carbocycles. The van der Waals surface area contributed by atoms with Crippen molar-refractivity contribution in [2.24, 2.45) is 0 Å². The Balaban J connectivity index is 1.88. The quantitative estimate of drug-likeness (QED) is 0.531. The van der Waals surface area contributed by atoms with E-state index in [-0.39, 0.29) is 0 Å². The van der Waals surface area contributed by atoms with E-state index in [0.717, 1.165) is 22.5 Å². The van der Waals surface area contributed by atoms with Crippen LogP contribution in [0.15, 0.2) is 71.3 Å². The van der Waals surface area contributed by atoms with E-state index in [1.807, 2.05) is 73.7 Å². The monoisotopic (exact) mass is 288 g/mol. The minimum Gasteiger partial charge on any atom is -0.278 e. The summed E-state index contributed by atoms with van der Waals surface area (Å²) in [6.45, 7) is 1.99. The molecule has 0 aliphatic rings. The Morgan fingerprint density at radius 2 is 1.45 bits per heavy atom. The van der Waals surface area contributed by atoms with E-state index in [1.54, 1.807) is 4.57 Å². The van der Waals surface area contributed by atoms with Crippen molar-refractivity contribution in [1.29, 1.82) is 0 Å². The minimum atomic E-state index is 0.567. The zero-order chi connectivity index (χ0) is 14.9. The van der Waals surface area contributed by atoms with E-state index in [0.29, 0.717) is 11.7 Å². The highest BCUT2D eigenvalue weighted by atomic mass is 16.5. The third-order valence-electron chi connectivity index (χ3n) is 3.54. The van der Waals surface area contributed by atoms with Crippen molar-refractivity contribution in [2.45, 2.75) is 6.92 Å². The third kappa shape index (κ3) is 2.15. The van der Waals surface area contributed by atoms with Crippen molar-refractivity contribution >= 4 is 5.78 Å². The minimum absolute atomic E-state index is 0.567. The smallest absolute Gasteiger partial charge is 0.278 e. The first kappa shape index (κ1) is 12.7. The molecule has 2 aromatic heterocycles. The van der Waals surface area contributed by atoms with Crippen LogP contribution >= 0.6 is 0 Å². The Labute approximate surface area is 127 Å². The first-order chi connectivity index (χ1) is 10.8. The molecule has 2 heterocycles. The lowest BCUT2D eigenvalue weighted by molar-refractivity contribution is -0.722. The second-order valence-electron chi connectivity index (χ2n) is 5.12. The number of hydrogen-bond acceptors (Lipinski definition) is 3. The molecule has 0 amide bonds. The summed E-state index contributed by atoms with van der Waals surface area (Å²) in [6, 6.07) is 21.9. The lowest BCUT2D eigenvalue weighted by Gasteiger charge is -1.96. The highest BCUT2D eigenvalue weighted by Gasteiger charge is 2.21. The number of hydrogen-bond donors (Lipinski definition) is 0. The maximum Gasteiger partial charge on any atom is 0.474 e. The molecule has 4 aromatic rings. The number of benzene rings is 2. The van der Waals surface area contributed by atoms with Crippen molar-refractivity contribution in [2.75, 3.05) is 0 Å². The molecule has 0 bridgehead atoms. The molecule has 0 fully saturated rings. The lowest BCUT2D eigenvalue weighted by Crippen LogP contribution is -2.24. The molecule has 0 radical (unpaired) electrons. The molecule has 0 unspecified atom stereocenters. The summed E-state index contributed by atoms with van der Waals surface area (Å²) >= 11 is 0. The SMILES string of the molecule is Cc1cc(-c2ccccc2)nc2nc(-c3ccccc3)o[n+]12. The number of nitrogens with zero attached hydrogens (tertiary/aromatic N) is 3. The van der Waals surface area contributed by atoms with E-state index in [1.165, 1.54) is 0 Å². The summed E-state index contributed by atoms with van der Waals surface area (Å²) in [7, 11) is 0. The van der Waals surface area contributed by atoms with Gasteiger partial charge in [0, 0.05) is 11.6 Å². The van der Waals surface area contributed by atoms with Gasteiger partial charge in [-0.15, -0.1) is 0 Å². The maximum atomic E-state index is 5.82. The molecule has 4 nitrogen and oxygen atoms in total. The molecule has 22 heavy (non-hydrogen) atoms. The van der Waals surface area contributed by atoms with E-state index in [4.69, 9.17) is 4.52 Å². The molecule has 4 heteroatoms. The fraction of sp³-hybridized carbons (Fsp3) is 0.0556. The number of rotatable bonds is 2. The summed E-state index contributed by atoms with van der Waals surface area (Å²) in [4.78, 5) is 9.13. The second kappa shape index (κ2) is 5.07. The Morgan fingerprint density at radius 3 is 2.14 bits per heavy atom. The van der Waals surface area contributed by atoms with Gasteiger partial charge in [0.05, 0.1) is 5.56 Å². The fourth-order valence-corrected chi connectivity index (χ4v) is 2.44. The van der Waals surface area contributed by atoms with E-state index in [2.05, 4.69) is 9.97 Å². The molecule has 0 aliphatic heterocycles. The predicted octanol–water partition coefficient (Wildman–Crippen LogP) is 3.45. The molecular formula is C18H14N3O+. The second-order valence-corrected chi connectivity index (χ2v) is 5.12. The molecule has 0 spiro atoms. The molecule has 0 atom stereocenters. The van der Waals surface area contributed by atoms with Gasteiger partial charge in [-0.05, 0) is 28.6 Å². The highest BCUT2D eigenvalue weighted by Crippen LogP contribution is 2.19. The molecule has 0 N–H and O–H groups in total.